The van der Waals surface area contributed by atoms with Gasteiger partial charge in [0.1, 0.15) is 0 Å². The van der Waals surface area contributed by atoms with Crippen LogP contribution < -0.4 is 10.9 Å². The van der Waals surface area contributed by atoms with Crippen LogP contribution in [0.1, 0.15) is 21.6 Å². The van der Waals surface area contributed by atoms with Crippen LogP contribution in [0.15, 0.2) is 29.3 Å². The quantitative estimate of drug-likeness (QED) is 0.802. The van der Waals surface area contributed by atoms with Gasteiger partial charge in [-0.2, -0.15) is 0 Å². The number of carbonyl (C=O) groups excluding carboxylic acids is 1. The Balaban J connectivity index is 2.20. The predicted octanol–water partition coefficient (Wildman–Crippen LogP) is 0.728. The Hall–Kier alpha value is -2.30. The molecule has 0 spiro atoms. The topological polar surface area (TPSA) is 56.0 Å². The summed E-state index contributed by atoms with van der Waals surface area (Å²) >= 11 is 0. The highest BCUT2D eigenvalue weighted by atomic mass is 16.2. The van der Waals surface area contributed by atoms with E-state index >= 15 is 0 Å². The van der Waals surface area contributed by atoms with Gasteiger partial charge in [0.25, 0.3) is 11.5 Å². The standard InChI is InChI=1S/C13H13N3O2/c1-8-5-9(7-15(2)13(8)18)16-4-3-10-11(16)6-14-12(10)17/h3-5,7H,6H2,1-2H3,(H,14,17). The highest BCUT2D eigenvalue weighted by Gasteiger charge is 2.23. The highest BCUT2D eigenvalue weighted by Crippen LogP contribution is 2.21. The number of carbonyl (C=O) groups is 1. The lowest BCUT2D eigenvalue weighted by Crippen LogP contribution is -2.20. The Morgan fingerprint density at radius 2 is 2.11 bits per heavy atom. The lowest BCUT2D eigenvalue weighted by atomic mass is 10.2. The Bertz CT molecular complexity index is 683. The van der Waals surface area contributed by atoms with Gasteiger partial charge in [-0.1, -0.05) is 0 Å². The number of hydrogen-bond acceptors (Lipinski definition) is 2. The van der Waals surface area contributed by atoms with Crippen LogP contribution in [0.2, 0.25) is 0 Å². The zero-order chi connectivity index (χ0) is 12.9. The maximum atomic E-state index is 11.7. The molecule has 0 atom stereocenters. The number of aryl methyl sites for hydroxylation is 2. The summed E-state index contributed by atoms with van der Waals surface area (Å²) in [5.41, 5.74) is 3.23. The van der Waals surface area contributed by atoms with E-state index in [0.29, 0.717) is 17.7 Å². The summed E-state index contributed by atoms with van der Waals surface area (Å²) in [7, 11) is 1.73. The Labute approximate surface area is 104 Å². The van der Waals surface area contributed by atoms with Crippen LogP contribution in [0.25, 0.3) is 5.69 Å². The number of fused-ring (bicyclic) bond motifs is 1. The molecular formula is C13H13N3O2. The molecule has 1 aliphatic heterocycles. The molecule has 1 N–H and O–H groups in total. The van der Waals surface area contributed by atoms with Gasteiger partial charge in [-0.3, -0.25) is 9.59 Å². The first-order valence-corrected chi connectivity index (χ1v) is 5.74. The fourth-order valence-electron chi connectivity index (χ4n) is 2.34. The summed E-state index contributed by atoms with van der Waals surface area (Å²) < 4.78 is 3.50. The second-order valence-corrected chi connectivity index (χ2v) is 4.53. The summed E-state index contributed by atoms with van der Waals surface area (Å²) in [6.07, 6.45) is 3.64. The third kappa shape index (κ3) is 1.40. The van der Waals surface area contributed by atoms with E-state index in [-0.39, 0.29) is 11.5 Å². The minimum Gasteiger partial charge on any atom is -0.346 e. The largest absolute Gasteiger partial charge is 0.346 e. The van der Waals surface area contributed by atoms with Crippen molar-refractivity contribution in [3.63, 3.8) is 0 Å². The number of nitrogens with one attached hydrogen (secondary N) is 1. The van der Waals surface area contributed by atoms with Gasteiger partial charge in [0, 0.05) is 25.0 Å². The van der Waals surface area contributed by atoms with Crippen molar-refractivity contribution in [1.82, 2.24) is 14.5 Å². The van der Waals surface area contributed by atoms with Crippen molar-refractivity contribution in [3.05, 3.63) is 51.7 Å². The van der Waals surface area contributed by atoms with Crippen LogP contribution in [0.4, 0.5) is 0 Å². The molecule has 1 amide bonds. The number of pyridine rings is 1. The number of hydrogen-bond donors (Lipinski definition) is 1. The van der Waals surface area contributed by atoms with Crippen LogP contribution in [0.3, 0.4) is 0 Å². The molecule has 2 aromatic heterocycles. The Kier molecular flexibility index (Phi) is 2.16. The van der Waals surface area contributed by atoms with Gasteiger partial charge in [-0.15, -0.1) is 0 Å². The Morgan fingerprint density at radius 1 is 1.33 bits per heavy atom. The highest BCUT2D eigenvalue weighted by molar-refractivity contribution is 5.98. The molecule has 18 heavy (non-hydrogen) atoms. The third-order valence-electron chi connectivity index (χ3n) is 3.28. The van der Waals surface area contributed by atoms with Crippen molar-refractivity contribution < 1.29 is 4.79 Å². The molecule has 5 nitrogen and oxygen atoms in total. The molecule has 0 fully saturated rings. The SMILES string of the molecule is Cc1cc(-n2ccc3c2CNC3=O)cn(C)c1=O. The average Bonchev–Trinajstić information content (AvgIpc) is 2.89. The van der Waals surface area contributed by atoms with Crippen LogP contribution in [0, 0.1) is 6.92 Å². The summed E-state index contributed by atoms with van der Waals surface area (Å²) in [4.78, 5) is 23.2. The summed E-state index contributed by atoms with van der Waals surface area (Å²) in [6.45, 7) is 2.32. The molecular weight excluding hydrogens is 230 g/mol. The monoisotopic (exact) mass is 243 g/mol. The van der Waals surface area contributed by atoms with Gasteiger partial charge in [0.05, 0.1) is 23.5 Å². The van der Waals surface area contributed by atoms with Gasteiger partial charge >= 0.3 is 0 Å². The molecule has 1 aliphatic rings. The average molecular weight is 243 g/mol. The fraction of sp³-hybridized carbons (Fsp3) is 0.231. The van der Waals surface area contributed by atoms with Gasteiger partial charge in [-0.25, -0.2) is 0 Å². The molecule has 0 saturated carbocycles. The molecule has 2 aromatic rings. The van der Waals surface area contributed by atoms with Crippen LogP contribution >= 0.6 is 0 Å². The van der Waals surface area contributed by atoms with E-state index in [9.17, 15) is 9.59 Å². The smallest absolute Gasteiger partial charge is 0.253 e. The third-order valence-corrected chi connectivity index (χ3v) is 3.28. The van der Waals surface area contributed by atoms with Crippen molar-refractivity contribution in [2.24, 2.45) is 7.05 Å². The van der Waals surface area contributed by atoms with E-state index in [1.165, 1.54) is 0 Å². The molecule has 3 rings (SSSR count). The van der Waals surface area contributed by atoms with Crippen LogP contribution in [-0.2, 0) is 13.6 Å². The Morgan fingerprint density at radius 3 is 2.83 bits per heavy atom. The van der Waals surface area contributed by atoms with E-state index in [1.54, 1.807) is 30.8 Å². The molecule has 0 radical (unpaired) electrons. The summed E-state index contributed by atoms with van der Waals surface area (Å²) in [6, 6.07) is 3.64. The number of rotatable bonds is 1. The normalized spacial score (nSPS) is 13.6. The van der Waals surface area contributed by atoms with Crippen molar-refractivity contribution in [3.8, 4) is 5.69 Å². The lowest BCUT2D eigenvalue weighted by molar-refractivity contribution is 0.0965. The molecule has 0 saturated heterocycles. The first-order valence-electron chi connectivity index (χ1n) is 5.74. The number of nitrogens with zero attached hydrogens (tertiary/aromatic N) is 2. The second-order valence-electron chi connectivity index (χ2n) is 4.53. The van der Waals surface area contributed by atoms with Gasteiger partial charge in [-0.05, 0) is 19.1 Å². The number of aromatic nitrogens is 2. The van der Waals surface area contributed by atoms with E-state index in [1.807, 2.05) is 16.8 Å². The molecule has 0 aromatic carbocycles. The van der Waals surface area contributed by atoms with Crippen LogP contribution in [0.5, 0.6) is 0 Å². The second kappa shape index (κ2) is 3.60. The van der Waals surface area contributed by atoms with Crippen molar-refractivity contribution in [1.29, 1.82) is 0 Å². The zero-order valence-corrected chi connectivity index (χ0v) is 10.2. The molecule has 0 unspecified atom stereocenters. The molecule has 3 heterocycles. The maximum Gasteiger partial charge on any atom is 0.253 e. The van der Waals surface area contributed by atoms with E-state index < -0.39 is 0 Å². The molecule has 5 heteroatoms. The van der Waals surface area contributed by atoms with Crippen molar-refractivity contribution >= 4 is 5.91 Å². The van der Waals surface area contributed by atoms with E-state index in [4.69, 9.17) is 0 Å². The van der Waals surface area contributed by atoms with Crippen molar-refractivity contribution in [2.45, 2.75) is 13.5 Å². The molecule has 92 valence electrons. The zero-order valence-electron chi connectivity index (χ0n) is 10.2. The summed E-state index contributed by atoms with van der Waals surface area (Å²) in [5, 5.41) is 2.79. The summed E-state index contributed by atoms with van der Waals surface area (Å²) in [5.74, 6) is -0.0368. The van der Waals surface area contributed by atoms with Gasteiger partial charge < -0.3 is 14.5 Å². The first-order chi connectivity index (χ1) is 8.58. The lowest BCUT2D eigenvalue weighted by Gasteiger charge is -2.09. The van der Waals surface area contributed by atoms with Crippen molar-refractivity contribution in [2.75, 3.05) is 0 Å². The van der Waals surface area contributed by atoms with E-state index in [2.05, 4.69) is 5.32 Å². The minimum absolute atomic E-state index is 0.00301. The van der Waals surface area contributed by atoms with Gasteiger partial charge in [0.2, 0.25) is 0 Å². The predicted molar refractivity (Wildman–Crippen MR) is 66.9 cm³/mol. The van der Waals surface area contributed by atoms with Gasteiger partial charge in [0.15, 0.2) is 0 Å². The molecule has 0 bridgehead atoms. The first kappa shape index (κ1) is 10.8. The molecule has 0 aliphatic carbocycles. The minimum atomic E-state index is -0.0368. The fourth-order valence-corrected chi connectivity index (χ4v) is 2.34. The van der Waals surface area contributed by atoms with Crippen LogP contribution in [-0.4, -0.2) is 15.0 Å². The maximum absolute atomic E-state index is 11.7. The van der Waals surface area contributed by atoms with E-state index in [0.717, 1.165) is 11.4 Å². The number of amides is 1.